The van der Waals surface area contributed by atoms with Gasteiger partial charge in [0.2, 0.25) is 0 Å². The predicted molar refractivity (Wildman–Crippen MR) is 60.7 cm³/mol. The molecule has 0 spiro atoms. The van der Waals surface area contributed by atoms with Crippen LogP contribution in [0, 0.1) is 0 Å². The third-order valence-corrected chi connectivity index (χ3v) is 2.99. The lowest BCUT2D eigenvalue weighted by Crippen LogP contribution is -2.15. The van der Waals surface area contributed by atoms with Crippen molar-refractivity contribution in [1.29, 1.82) is 0 Å². The zero-order chi connectivity index (χ0) is 10.9. The second-order valence-corrected chi connectivity index (χ2v) is 4.36. The van der Waals surface area contributed by atoms with Gasteiger partial charge in [0.25, 0.3) is 0 Å². The monoisotopic (exact) mass is 201 g/mol. The molecule has 0 radical (unpaired) electrons. The van der Waals surface area contributed by atoms with Crippen LogP contribution in [0.4, 0.5) is 0 Å². The maximum absolute atomic E-state index is 4.32. The highest BCUT2D eigenvalue weighted by Crippen LogP contribution is 2.27. The lowest BCUT2D eigenvalue weighted by atomic mass is 9.83. The highest BCUT2D eigenvalue weighted by atomic mass is 14.9. The van der Waals surface area contributed by atoms with E-state index >= 15 is 0 Å². The van der Waals surface area contributed by atoms with Crippen molar-refractivity contribution in [3.05, 3.63) is 30.2 Å². The van der Waals surface area contributed by atoms with Crippen LogP contribution in [0.15, 0.2) is 24.7 Å². The maximum atomic E-state index is 4.32. The summed E-state index contributed by atoms with van der Waals surface area (Å²) >= 11 is 0. The van der Waals surface area contributed by atoms with E-state index in [2.05, 4.69) is 41.8 Å². The first-order valence-electron chi connectivity index (χ1n) is 5.21. The molecule has 0 aliphatic carbocycles. The fourth-order valence-electron chi connectivity index (χ4n) is 1.43. The topological polar surface area (TPSA) is 38.7 Å². The summed E-state index contributed by atoms with van der Waals surface area (Å²) < 4.78 is 0. The number of aromatic nitrogens is 3. The first-order chi connectivity index (χ1) is 7.13. The van der Waals surface area contributed by atoms with Crippen LogP contribution < -0.4 is 0 Å². The van der Waals surface area contributed by atoms with Crippen molar-refractivity contribution in [2.45, 2.75) is 32.6 Å². The van der Waals surface area contributed by atoms with Gasteiger partial charge in [0, 0.05) is 18.6 Å². The molecule has 2 aromatic rings. The first-order valence-corrected chi connectivity index (χ1v) is 5.21. The minimum Gasteiger partial charge on any atom is -0.251 e. The highest BCUT2D eigenvalue weighted by molar-refractivity contribution is 5.69. The minimum absolute atomic E-state index is 0.151. The van der Waals surface area contributed by atoms with Crippen LogP contribution in [0.25, 0.3) is 11.2 Å². The van der Waals surface area contributed by atoms with Gasteiger partial charge in [0.05, 0.1) is 0 Å². The molecule has 3 heteroatoms. The van der Waals surface area contributed by atoms with Gasteiger partial charge in [-0.15, -0.1) is 0 Å². The molecule has 0 saturated carbocycles. The number of pyridine rings is 1. The van der Waals surface area contributed by atoms with Gasteiger partial charge in [-0.1, -0.05) is 20.8 Å². The van der Waals surface area contributed by atoms with E-state index in [1.54, 1.807) is 12.4 Å². The van der Waals surface area contributed by atoms with Crippen molar-refractivity contribution >= 4 is 11.2 Å². The summed E-state index contributed by atoms with van der Waals surface area (Å²) in [7, 11) is 0. The summed E-state index contributed by atoms with van der Waals surface area (Å²) in [4.78, 5) is 12.7. The Labute approximate surface area is 89.6 Å². The van der Waals surface area contributed by atoms with Crippen LogP contribution in [-0.4, -0.2) is 15.0 Å². The first kappa shape index (κ1) is 10.0. The molecule has 3 nitrogen and oxygen atoms in total. The van der Waals surface area contributed by atoms with Crippen molar-refractivity contribution in [3.63, 3.8) is 0 Å². The number of fused-ring (bicyclic) bond motifs is 1. The second kappa shape index (κ2) is 3.57. The van der Waals surface area contributed by atoms with Gasteiger partial charge in [-0.05, 0) is 23.5 Å². The molecule has 15 heavy (non-hydrogen) atoms. The van der Waals surface area contributed by atoms with E-state index in [4.69, 9.17) is 0 Å². The van der Waals surface area contributed by atoms with Crippen LogP contribution in [-0.2, 0) is 5.41 Å². The van der Waals surface area contributed by atoms with E-state index in [0.29, 0.717) is 5.65 Å². The Kier molecular flexibility index (Phi) is 2.39. The summed E-state index contributed by atoms with van der Waals surface area (Å²) in [5.41, 5.74) is 2.96. The molecule has 2 aromatic heterocycles. The third-order valence-electron chi connectivity index (χ3n) is 2.99. The van der Waals surface area contributed by atoms with E-state index in [0.717, 1.165) is 11.9 Å². The summed E-state index contributed by atoms with van der Waals surface area (Å²) in [6, 6.07) is 2.08. The van der Waals surface area contributed by atoms with E-state index in [1.807, 2.05) is 6.20 Å². The van der Waals surface area contributed by atoms with Crippen LogP contribution in [0.2, 0.25) is 0 Å². The standard InChI is InChI=1S/C12H15N3/c1-4-12(2,3)9-7-10-11(15-8-9)14-6-5-13-10/h5-8H,4H2,1-3H3. The average Bonchev–Trinajstić information content (AvgIpc) is 2.28. The normalized spacial score (nSPS) is 11.9. The van der Waals surface area contributed by atoms with Gasteiger partial charge in [0.15, 0.2) is 5.65 Å². The van der Waals surface area contributed by atoms with Crippen molar-refractivity contribution < 1.29 is 0 Å². The summed E-state index contributed by atoms with van der Waals surface area (Å²) in [6.07, 6.45) is 6.35. The lowest BCUT2D eigenvalue weighted by molar-refractivity contribution is 0.505. The van der Waals surface area contributed by atoms with E-state index in [1.165, 1.54) is 5.56 Å². The van der Waals surface area contributed by atoms with E-state index in [-0.39, 0.29) is 5.41 Å². The number of hydrogen-bond donors (Lipinski definition) is 0. The zero-order valence-corrected chi connectivity index (χ0v) is 9.36. The molecule has 0 unspecified atom stereocenters. The molecule has 0 amide bonds. The molecule has 0 aliphatic heterocycles. The summed E-state index contributed by atoms with van der Waals surface area (Å²) in [5, 5.41) is 0. The van der Waals surface area contributed by atoms with Gasteiger partial charge in [-0.25, -0.2) is 9.97 Å². The van der Waals surface area contributed by atoms with E-state index in [9.17, 15) is 0 Å². The van der Waals surface area contributed by atoms with Crippen molar-refractivity contribution in [1.82, 2.24) is 15.0 Å². The molecular formula is C12H15N3. The van der Waals surface area contributed by atoms with Crippen molar-refractivity contribution in [2.75, 3.05) is 0 Å². The number of nitrogens with zero attached hydrogens (tertiary/aromatic N) is 3. The molecule has 2 rings (SSSR count). The Balaban J connectivity index is 2.56. The molecule has 2 heterocycles. The Hall–Kier alpha value is -1.51. The number of rotatable bonds is 2. The van der Waals surface area contributed by atoms with Gasteiger partial charge >= 0.3 is 0 Å². The Morgan fingerprint density at radius 1 is 1.13 bits per heavy atom. The largest absolute Gasteiger partial charge is 0.251 e. The summed E-state index contributed by atoms with van der Waals surface area (Å²) in [6.45, 7) is 6.61. The van der Waals surface area contributed by atoms with Gasteiger partial charge < -0.3 is 0 Å². The fourth-order valence-corrected chi connectivity index (χ4v) is 1.43. The van der Waals surface area contributed by atoms with Crippen molar-refractivity contribution in [2.24, 2.45) is 0 Å². The predicted octanol–water partition coefficient (Wildman–Crippen LogP) is 2.71. The zero-order valence-electron chi connectivity index (χ0n) is 9.36. The Bertz CT molecular complexity index is 477. The second-order valence-electron chi connectivity index (χ2n) is 4.36. The molecule has 78 valence electrons. The quantitative estimate of drug-likeness (QED) is 0.749. The minimum atomic E-state index is 0.151. The molecule has 0 aromatic carbocycles. The molecule has 0 N–H and O–H groups in total. The van der Waals surface area contributed by atoms with Crippen LogP contribution in [0.3, 0.4) is 0 Å². The smallest absolute Gasteiger partial charge is 0.178 e. The summed E-state index contributed by atoms with van der Waals surface area (Å²) in [5.74, 6) is 0. The van der Waals surface area contributed by atoms with Crippen LogP contribution in [0.5, 0.6) is 0 Å². The highest BCUT2D eigenvalue weighted by Gasteiger charge is 2.18. The van der Waals surface area contributed by atoms with Gasteiger partial charge in [-0.2, -0.15) is 0 Å². The Morgan fingerprint density at radius 3 is 2.60 bits per heavy atom. The third kappa shape index (κ3) is 1.82. The van der Waals surface area contributed by atoms with Crippen molar-refractivity contribution in [3.8, 4) is 0 Å². The van der Waals surface area contributed by atoms with Crippen LogP contribution in [0.1, 0.15) is 32.8 Å². The SMILES string of the molecule is CCC(C)(C)c1cnc2nccnc2c1. The molecule has 0 bridgehead atoms. The maximum Gasteiger partial charge on any atom is 0.178 e. The van der Waals surface area contributed by atoms with E-state index < -0.39 is 0 Å². The molecule has 0 saturated heterocycles. The molecular weight excluding hydrogens is 186 g/mol. The molecule has 0 aliphatic rings. The molecule has 0 atom stereocenters. The van der Waals surface area contributed by atoms with Gasteiger partial charge in [-0.3, -0.25) is 4.98 Å². The lowest BCUT2D eigenvalue weighted by Gasteiger charge is -2.22. The van der Waals surface area contributed by atoms with Gasteiger partial charge in [0.1, 0.15) is 5.52 Å². The molecule has 0 fully saturated rings. The van der Waals surface area contributed by atoms with Crippen LogP contribution >= 0.6 is 0 Å². The average molecular weight is 201 g/mol. The Morgan fingerprint density at radius 2 is 1.87 bits per heavy atom. The number of hydrogen-bond acceptors (Lipinski definition) is 3. The fraction of sp³-hybridized carbons (Fsp3) is 0.417.